The fraction of sp³-hybridized carbons (Fsp3) is 0.562. The Hall–Kier alpha value is -2.82. The van der Waals surface area contributed by atoms with Crippen molar-refractivity contribution in [2.75, 3.05) is 6.54 Å². The summed E-state index contributed by atoms with van der Waals surface area (Å²) < 4.78 is 46.9. The largest absolute Gasteiger partial charge is 0.461 e. The first kappa shape index (κ1) is 33.7. The molecule has 0 radical (unpaired) electrons. The monoisotopic (exact) mass is 605 g/mol. The quantitative estimate of drug-likeness (QED) is 0.255. The van der Waals surface area contributed by atoms with Gasteiger partial charge in [-0.1, -0.05) is 51.1 Å². The summed E-state index contributed by atoms with van der Waals surface area (Å²) in [6, 6.07) is 11.5. The number of rotatable bonds is 9. The molecule has 1 aliphatic heterocycles. The maximum atomic E-state index is 14.3. The molecule has 1 amide bonds. The van der Waals surface area contributed by atoms with Crippen molar-refractivity contribution in [3.8, 4) is 0 Å². The van der Waals surface area contributed by atoms with Crippen LogP contribution in [0.2, 0.25) is 18.1 Å². The van der Waals surface area contributed by atoms with Gasteiger partial charge >= 0.3 is 12.1 Å². The predicted octanol–water partition coefficient (Wildman–Crippen LogP) is 6.63. The van der Waals surface area contributed by atoms with Gasteiger partial charge in [0, 0.05) is 6.07 Å². The number of likely N-dealkylation sites (tertiary alicyclic amines) is 1. The third-order valence-electron chi connectivity index (χ3n) is 7.87. The van der Waals surface area contributed by atoms with Crippen LogP contribution in [0.15, 0.2) is 48.5 Å². The van der Waals surface area contributed by atoms with E-state index in [1.807, 2.05) is 43.4 Å². The molecule has 1 aliphatic rings. The lowest BCUT2D eigenvalue weighted by atomic mass is 9.88. The van der Waals surface area contributed by atoms with Crippen LogP contribution in [0.4, 0.5) is 13.6 Å². The summed E-state index contributed by atoms with van der Waals surface area (Å²) in [5.74, 6) is -3.22. The number of benzene rings is 2. The molecule has 1 fully saturated rings. The zero-order chi connectivity index (χ0) is 31.5. The zero-order valence-electron chi connectivity index (χ0n) is 25.9. The number of halogens is 2. The Labute approximate surface area is 249 Å². The van der Waals surface area contributed by atoms with E-state index in [9.17, 15) is 23.5 Å². The number of esters is 1. The van der Waals surface area contributed by atoms with E-state index in [0.29, 0.717) is 0 Å². The number of hydrogen-bond donors (Lipinski definition) is 1. The van der Waals surface area contributed by atoms with Crippen LogP contribution in [-0.2, 0) is 31.7 Å². The molecule has 10 heteroatoms. The highest BCUT2D eigenvalue weighted by molar-refractivity contribution is 6.74. The Bertz CT molecular complexity index is 1210. The van der Waals surface area contributed by atoms with Crippen molar-refractivity contribution in [1.82, 2.24) is 4.90 Å². The summed E-state index contributed by atoms with van der Waals surface area (Å²) in [6.45, 7) is 15.4. The molecule has 0 saturated carbocycles. The van der Waals surface area contributed by atoms with E-state index < -0.39 is 61.8 Å². The first-order valence-electron chi connectivity index (χ1n) is 14.4. The number of aliphatic hydroxyl groups excluding tert-OH is 1. The molecule has 0 aromatic heterocycles. The highest BCUT2D eigenvalue weighted by Crippen LogP contribution is 2.41. The van der Waals surface area contributed by atoms with Gasteiger partial charge in [0.1, 0.15) is 23.8 Å². The van der Waals surface area contributed by atoms with Gasteiger partial charge in [-0.25, -0.2) is 13.6 Å². The van der Waals surface area contributed by atoms with Gasteiger partial charge in [-0.2, -0.15) is 0 Å². The summed E-state index contributed by atoms with van der Waals surface area (Å²) in [5, 5.41) is 10.5. The van der Waals surface area contributed by atoms with Crippen molar-refractivity contribution < 1.29 is 37.4 Å². The van der Waals surface area contributed by atoms with Crippen LogP contribution in [0.5, 0.6) is 0 Å². The molecule has 2 aromatic rings. The Morgan fingerprint density at radius 1 is 1.00 bits per heavy atom. The number of β-amino-alcohol motifs (C(OH)–C–C–N with tert-alkyl or cyclic N) is 1. The molecule has 7 nitrogen and oxygen atoms in total. The number of carbonyl (C=O) groups is 2. The van der Waals surface area contributed by atoms with Gasteiger partial charge in [-0.05, 0) is 75.0 Å². The molecular formula is C32H45F2NO6Si. The highest BCUT2D eigenvalue weighted by Gasteiger charge is 2.50. The van der Waals surface area contributed by atoms with E-state index >= 15 is 0 Å². The topological polar surface area (TPSA) is 85.3 Å². The maximum Gasteiger partial charge on any atom is 0.410 e. The summed E-state index contributed by atoms with van der Waals surface area (Å²) in [4.78, 5) is 28.7. The SMILES string of the molecule is CC(C)(C)OC(=O)N1CC(O)CC1[C@@H](O[Si](C)(C)C(C)(C)C)[C@H](Cc1cc(F)cc(F)c1)C(=O)OCc1ccccc1. The molecule has 4 atom stereocenters. The third-order valence-corrected chi connectivity index (χ3v) is 12.3. The fourth-order valence-electron chi connectivity index (χ4n) is 4.78. The number of hydrogen-bond acceptors (Lipinski definition) is 6. The van der Waals surface area contributed by atoms with Crippen LogP contribution in [0.3, 0.4) is 0 Å². The normalized spacial score (nSPS) is 19.4. The Balaban J connectivity index is 2.09. The second kappa shape index (κ2) is 13.2. The van der Waals surface area contributed by atoms with Crippen molar-refractivity contribution in [3.05, 3.63) is 71.3 Å². The van der Waals surface area contributed by atoms with Gasteiger partial charge in [0.25, 0.3) is 0 Å². The standard InChI is InChI=1S/C32H45F2NO6Si/c1-31(2,3)40-30(38)35-19-25(36)18-27(35)28(41-42(7,8)32(4,5)6)26(16-22-14-23(33)17-24(34)15-22)29(37)39-20-21-12-10-9-11-13-21/h9-15,17,25-28,36H,16,18-20H2,1-8H3/t25?,26-,27?,28-/m0/s1. The van der Waals surface area contributed by atoms with Crippen LogP contribution in [0.1, 0.15) is 59.1 Å². The molecule has 0 bridgehead atoms. The number of amides is 1. The van der Waals surface area contributed by atoms with E-state index in [4.69, 9.17) is 13.9 Å². The second-order valence-corrected chi connectivity index (χ2v) is 18.4. The smallest absolute Gasteiger partial charge is 0.410 e. The van der Waals surface area contributed by atoms with E-state index in [1.165, 1.54) is 17.0 Å². The van der Waals surface area contributed by atoms with Gasteiger partial charge in [-0.15, -0.1) is 0 Å². The molecule has 42 heavy (non-hydrogen) atoms. The molecule has 0 aliphatic carbocycles. The molecule has 1 N–H and O–H groups in total. The minimum absolute atomic E-state index is 0.00266. The van der Waals surface area contributed by atoms with E-state index in [1.54, 1.807) is 20.8 Å². The lowest BCUT2D eigenvalue weighted by Crippen LogP contribution is -2.56. The third kappa shape index (κ3) is 9.09. The molecule has 2 unspecified atom stereocenters. The summed E-state index contributed by atoms with van der Waals surface area (Å²) >= 11 is 0. The average Bonchev–Trinajstić information content (AvgIpc) is 3.24. The number of ether oxygens (including phenoxy) is 2. The second-order valence-electron chi connectivity index (χ2n) is 13.6. The number of carbonyl (C=O) groups excluding carboxylic acids is 2. The number of aliphatic hydroxyl groups is 1. The van der Waals surface area contributed by atoms with Crippen LogP contribution in [0.25, 0.3) is 0 Å². The number of nitrogens with zero attached hydrogens (tertiary/aromatic N) is 1. The maximum absolute atomic E-state index is 14.3. The molecule has 0 spiro atoms. The first-order chi connectivity index (χ1) is 19.4. The van der Waals surface area contributed by atoms with Gasteiger partial charge in [0.05, 0.1) is 30.7 Å². The molecule has 1 heterocycles. The van der Waals surface area contributed by atoms with Crippen molar-refractivity contribution in [2.45, 2.75) is 103 Å². The van der Waals surface area contributed by atoms with Gasteiger partial charge in [0.2, 0.25) is 0 Å². The molecule has 232 valence electrons. The van der Waals surface area contributed by atoms with Crippen molar-refractivity contribution in [1.29, 1.82) is 0 Å². The van der Waals surface area contributed by atoms with Crippen LogP contribution in [0, 0.1) is 17.6 Å². The fourth-order valence-corrected chi connectivity index (χ4v) is 6.14. The average molecular weight is 606 g/mol. The van der Waals surface area contributed by atoms with Gasteiger partial charge in [-0.3, -0.25) is 9.69 Å². The van der Waals surface area contributed by atoms with Crippen LogP contribution < -0.4 is 0 Å². The van der Waals surface area contributed by atoms with Gasteiger partial charge < -0.3 is 19.0 Å². The van der Waals surface area contributed by atoms with Crippen molar-refractivity contribution in [2.24, 2.45) is 5.92 Å². The zero-order valence-corrected chi connectivity index (χ0v) is 26.9. The van der Waals surface area contributed by atoms with Crippen LogP contribution >= 0.6 is 0 Å². The minimum atomic E-state index is -2.62. The molecular weight excluding hydrogens is 560 g/mol. The molecule has 3 rings (SSSR count). The Morgan fingerprint density at radius 2 is 1.60 bits per heavy atom. The molecule has 1 saturated heterocycles. The summed E-state index contributed by atoms with van der Waals surface area (Å²) in [5.41, 5.74) is 0.230. The van der Waals surface area contributed by atoms with E-state index in [-0.39, 0.29) is 36.6 Å². The minimum Gasteiger partial charge on any atom is -0.461 e. The van der Waals surface area contributed by atoms with Crippen molar-refractivity contribution >= 4 is 20.4 Å². The Morgan fingerprint density at radius 3 is 2.14 bits per heavy atom. The van der Waals surface area contributed by atoms with E-state index in [2.05, 4.69) is 20.8 Å². The first-order valence-corrected chi connectivity index (χ1v) is 17.3. The lowest BCUT2D eigenvalue weighted by molar-refractivity contribution is -0.155. The summed E-state index contributed by atoms with van der Waals surface area (Å²) in [7, 11) is -2.62. The van der Waals surface area contributed by atoms with E-state index in [0.717, 1.165) is 11.6 Å². The van der Waals surface area contributed by atoms with Crippen LogP contribution in [-0.4, -0.2) is 60.8 Å². The summed E-state index contributed by atoms with van der Waals surface area (Å²) in [6.07, 6.45) is -2.43. The Kier molecular flexibility index (Phi) is 10.6. The van der Waals surface area contributed by atoms with Crippen molar-refractivity contribution in [3.63, 3.8) is 0 Å². The van der Waals surface area contributed by atoms with Gasteiger partial charge in [0.15, 0.2) is 8.32 Å². The highest BCUT2D eigenvalue weighted by atomic mass is 28.4. The predicted molar refractivity (Wildman–Crippen MR) is 159 cm³/mol. The lowest BCUT2D eigenvalue weighted by Gasteiger charge is -2.44. The molecule has 2 aromatic carbocycles.